The molecule has 0 radical (unpaired) electrons. The Morgan fingerprint density at radius 3 is 1.72 bits per heavy atom. The fourth-order valence-corrected chi connectivity index (χ4v) is 4.87. The molecule has 4 nitrogen and oxygen atoms in total. The molecule has 0 aliphatic heterocycles. The normalized spacial score (nSPS) is 12.4. The third-order valence-corrected chi connectivity index (χ3v) is 7.42. The minimum atomic E-state index is -4.05. The summed E-state index contributed by atoms with van der Waals surface area (Å²) in [6.07, 6.45) is 1.38. The van der Waals surface area contributed by atoms with Crippen molar-refractivity contribution in [3.63, 3.8) is 0 Å². The van der Waals surface area contributed by atoms with Gasteiger partial charge in [0.25, 0.3) is 0 Å². The van der Waals surface area contributed by atoms with Gasteiger partial charge in [0.1, 0.15) is 16.7 Å². The van der Waals surface area contributed by atoms with E-state index < -0.39 is 9.84 Å². The molecule has 0 heterocycles. The highest BCUT2D eigenvalue weighted by Gasteiger charge is 2.27. The second-order valence-electron chi connectivity index (χ2n) is 10.7. The summed E-state index contributed by atoms with van der Waals surface area (Å²) >= 11 is 0. The van der Waals surface area contributed by atoms with E-state index in [0.717, 1.165) is 5.56 Å². The van der Waals surface area contributed by atoms with Crippen molar-refractivity contribution in [1.82, 2.24) is 0 Å². The molecule has 0 spiro atoms. The van der Waals surface area contributed by atoms with Gasteiger partial charge < -0.3 is 5.11 Å². The molecule has 3 aromatic rings. The van der Waals surface area contributed by atoms with E-state index in [1.54, 1.807) is 24.3 Å². The highest BCUT2D eigenvalue weighted by atomic mass is 32.2. The summed E-state index contributed by atoms with van der Waals surface area (Å²) in [6.45, 7) is 11.9. The van der Waals surface area contributed by atoms with Crippen LogP contribution >= 0.6 is 0 Å². The summed E-state index contributed by atoms with van der Waals surface area (Å²) in [7, 11) is -4.05. The molecule has 0 aliphatic rings. The summed E-state index contributed by atoms with van der Waals surface area (Å²) in [5.41, 5.74) is 2.71. The minimum absolute atomic E-state index is 0.0198. The van der Waals surface area contributed by atoms with Crippen molar-refractivity contribution in [2.24, 2.45) is 0 Å². The number of allylic oxidation sites excluding steroid dienone is 1. The molecule has 3 aromatic carbocycles. The quantitative estimate of drug-likeness (QED) is 0.322. The zero-order chi connectivity index (χ0) is 26.7. The van der Waals surface area contributed by atoms with E-state index in [1.807, 2.05) is 77.9 Å². The summed E-state index contributed by atoms with van der Waals surface area (Å²) in [6, 6.07) is 21.1. The Morgan fingerprint density at radius 2 is 1.28 bits per heavy atom. The number of hydrogen-bond acceptors (Lipinski definition) is 4. The van der Waals surface area contributed by atoms with E-state index in [9.17, 15) is 18.8 Å². The molecule has 184 valence electrons. The molecule has 5 heteroatoms. The fraction of sp³-hybridized carbons (Fsp3) is 0.258. The third-order valence-electron chi connectivity index (χ3n) is 5.74. The molecule has 0 unspecified atom stereocenters. The topological polar surface area (TPSA) is 78.2 Å². The van der Waals surface area contributed by atoms with Gasteiger partial charge in [0, 0.05) is 22.3 Å². The Hall–Kier alpha value is -3.80. The maximum Gasteiger partial charge on any atom is 0.216 e. The molecule has 0 bridgehead atoms. The number of phenols is 1. The molecule has 0 saturated heterocycles. The molecule has 0 aromatic heterocycles. The highest BCUT2D eigenvalue weighted by Crippen LogP contribution is 2.40. The van der Waals surface area contributed by atoms with Gasteiger partial charge in [-0.25, -0.2) is 8.42 Å². The molecule has 36 heavy (non-hydrogen) atoms. The number of sulfone groups is 1. The van der Waals surface area contributed by atoms with Gasteiger partial charge in [-0.15, -0.1) is 0 Å². The Labute approximate surface area is 214 Å². The maximum absolute atomic E-state index is 13.3. The summed E-state index contributed by atoms with van der Waals surface area (Å²) in [5.74, 6) is 6.26. The van der Waals surface area contributed by atoms with Crippen molar-refractivity contribution in [2.75, 3.05) is 0 Å². The van der Waals surface area contributed by atoms with Crippen molar-refractivity contribution in [2.45, 2.75) is 57.3 Å². The lowest BCUT2D eigenvalue weighted by Gasteiger charge is -2.28. The average Bonchev–Trinajstić information content (AvgIpc) is 2.81. The van der Waals surface area contributed by atoms with Crippen LogP contribution in [0.4, 0.5) is 0 Å². The summed E-state index contributed by atoms with van der Waals surface area (Å²) < 4.78 is 26.6. The van der Waals surface area contributed by atoms with Crippen LogP contribution in [0.3, 0.4) is 0 Å². The van der Waals surface area contributed by atoms with Crippen molar-refractivity contribution in [3.8, 4) is 23.7 Å². The number of benzene rings is 3. The van der Waals surface area contributed by atoms with Gasteiger partial charge >= 0.3 is 0 Å². The lowest BCUT2D eigenvalue weighted by Crippen LogP contribution is -2.17. The summed E-state index contributed by atoms with van der Waals surface area (Å²) in [5, 5.41) is 20.7. The number of hydrogen-bond donors (Lipinski definition) is 1. The Bertz CT molecular complexity index is 1460. The van der Waals surface area contributed by atoms with Gasteiger partial charge in [0.2, 0.25) is 9.84 Å². The zero-order valence-electron chi connectivity index (χ0n) is 21.5. The summed E-state index contributed by atoms with van der Waals surface area (Å²) in [4.78, 5) is -0.345. The van der Waals surface area contributed by atoms with E-state index >= 15 is 0 Å². The molecule has 0 aliphatic carbocycles. The van der Waals surface area contributed by atoms with Gasteiger partial charge in [-0.3, -0.25) is 0 Å². The first-order chi connectivity index (χ1) is 16.7. The Kier molecular flexibility index (Phi) is 7.48. The van der Waals surface area contributed by atoms with E-state index in [1.165, 1.54) is 18.2 Å². The lowest BCUT2D eigenvalue weighted by molar-refractivity contribution is 0.423. The zero-order valence-corrected chi connectivity index (χ0v) is 22.4. The van der Waals surface area contributed by atoms with Gasteiger partial charge in [-0.1, -0.05) is 71.6 Å². The molecule has 1 N–H and O–H groups in total. The second-order valence-corrected chi connectivity index (χ2v) is 12.6. The first-order valence-corrected chi connectivity index (χ1v) is 13.1. The van der Waals surface area contributed by atoms with Crippen LogP contribution in [0.2, 0.25) is 0 Å². The second kappa shape index (κ2) is 10.1. The van der Waals surface area contributed by atoms with Crippen LogP contribution in [-0.4, -0.2) is 13.5 Å². The predicted molar refractivity (Wildman–Crippen MR) is 145 cm³/mol. The van der Waals surface area contributed by atoms with E-state index in [2.05, 4.69) is 11.8 Å². The van der Waals surface area contributed by atoms with Gasteiger partial charge in [-0.05, 0) is 71.0 Å². The minimum Gasteiger partial charge on any atom is -0.507 e. The predicted octanol–water partition coefficient (Wildman–Crippen LogP) is 6.73. The van der Waals surface area contributed by atoms with Crippen molar-refractivity contribution in [3.05, 3.63) is 99.5 Å². The number of nitrogens with zero attached hydrogens (tertiary/aromatic N) is 1. The third kappa shape index (κ3) is 6.06. The fourth-order valence-electron chi connectivity index (χ4n) is 3.72. The van der Waals surface area contributed by atoms with Crippen LogP contribution in [0.25, 0.3) is 6.08 Å². The van der Waals surface area contributed by atoms with Crippen LogP contribution in [0.5, 0.6) is 5.75 Å². The molecular weight excluding hydrogens is 466 g/mol. The van der Waals surface area contributed by atoms with Crippen LogP contribution < -0.4 is 0 Å². The lowest BCUT2D eigenvalue weighted by atomic mass is 9.78. The van der Waals surface area contributed by atoms with Crippen LogP contribution in [0.15, 0.2) is 76.5 Å². The first kappa shape index (κ1) is 26.8. The van der Waals surface area contributed by atoms with Crippen molar-refractivity contribution < 1.29 is 13.5 Å². The Balaban J connectivity index is 2.04. The molecule has 0 amide bonds. The first-order valence-electron chi connectivity index (χ1n) is 11.7. The van der Waals surface area contributed by atoms with Crippen molar-refractivity contribution in [1.29, 1.82) is 5.26 Å². The van der Waals surface area contributed by atoms with Crippen LogP contribution in [0.1, 0.15) is 69.4 Å². The van der Waals surface area contributed by atoms with E-state index in [-0.39, 0.29) is 26.4 Å². The molecular formula is C31H31NO3S. The van der Waals surface area contributed by atoms with Crippen LogP contribution in [-0.2, 0) is 20.7 Å². The molecule has 0 fully saturated rings. The molecule has 0 saturated carbocycles. The van der Waals surface area contributed by atoms with E-state index in [4.69, 9.17) is 0 Å². The average molecular weight is 498 g/mol. The van der Waals surface area contributed by atoms with Gasteiger partial charge in [-0.2, -0.15) is 5.26 Å². The largest absolute Gasteiger partial charge is 0.507 e. The molecule has 3 rings (SSSR count). The molecule has 0 atom stereocenters. The van der Waals surface area contributed by atoms with E-state index in [0.29, 0.717) is 22.3 Å². The Morgan fingerprint density at radius 1 is 0.806 bits per heavy atom. The monoisotopic (exact) mass is 497 g/mol. The number of aromatic hydroxyl groups is 1. The smallest absolute Gasteiger partial charge is 0.216 e. The number of phenolic OH excluding ortho intramolecular Hbond substituents is 1. The highest BCUT2D eigenvalue weighted by molar-refractivity contribution is 7.95. The van der Waals surface area contributed by atoms with Crippen molar-refractivity contribution >= 4 is 15.9 Å². The standard InChI is InChI=1S/C31H31NO3S/c1-30(2,3)27-19-24(20-28(29(27)33)31(4,5)6)18-26(21-32)36(34,35)25-16-14-23(15-17-25)13-12-22-10-8-7-9-11-22/h7-11,14-20,33H,1-6H3/b26-18+. The van der Waals surface area contributed by atoms with Gasteiger partial charge in [0.15, 0.2) is 0 Å². The number of rotatable bonds is 3. The SMILES string of the molecule is CC(C)(C)c1cc(/C=C(\C#N)S(=O)(=O)c2ccc(C#Cc3ccccc3)cc2)cc(C(C)(C)C)c1O. The number of nitriles is 1. The maximum atomic E-state index is 13.3. The van der Waals surface area contributed by atoms with Crippen LogP contribution in [0, 0.1) is 23.2 Å². The van der Waals surface area contributed by atoms with Gasteiger partial charge in [0.05, 0.1) is 4.90 Å².